The fraction of sp³-hybridized carbons (Fsp3) is 0.226. The highest BCUT2D eigenvalue weighted by molar-refractivity contribution is 6.17. The third kappa shape index (κ3) is 4.80. The summed E-state index contributed by atoms with van der Waals surface area (Å²) in [6, 6.07) is 26.2. The molecular weight excluding hydrogens is 402 g/mol. The molecule has 1 atom stereocenters. The Balaban J connectivity index is 1.89. The van der Waals surface area contributed by atoms with Crippen LogP contribution in [0.3, 0.4) is 0 Å². The Hall–Kier alpha value is -3.52. The van der Waals surface area contributed by atoms with Crippen LogP contribution in [-0.2, 0) is 0 Å². The van der Waals surface area contributed by atoms with E-state index in [0.29, 0.717) is 17.4 Å². The number of hydrogen-bond donors (Lipinski definition) is 0. The van der Waals surface area contributed by atoms with Gasteiger partial charge in [-0.25, -0.2) is 0 Å². The van der Waals surface area contributed by atoms with Gasteiger partial charge in [-0.2, -0.15) is 0 Å². The van der Waals surface area contributed by atoms with E-state index in [4.69, 9.17) is 4.99 Å². The van der Waals surface area contributed by atoms with Crippen LogP contribution in [0.2, 0.25) is 0 Å². The minimum Gasteiger partial charge on any atom is -0.289 e. The van der Waals surface area contributed by atoms with E-state index in [1.165, 1.54) is 11.1 Å². The molecule has 0 fully saturated rings. The summed E-state index contributed by atoms with van der Waals surface area (Å²) in [4.78, 5) is 18.8. The van der Waals surface area contributed by atoms with Gasteiger partial charge in [-0.15, -0.1) is 0 Å². The maximum Gasteiger partial charge on any atom is 0.190 e. The highest BCUT2D eigenvalue weighted by atomic mass is 16.1. The molecule has 166 valence electrons. The number of para-hydroxylation sites is 1. The van der Waals surface area contributed by atoms with Crippen LogP contribution in [0.25, 0.3) is 0 Å². The molecule has 33 heavy (non-hydrogen) atoms. The van der Waals surface area contributed by atoms with E-state index in [1.54, 1.807) is 0 Å². The topological polar surface area (TPSA) is 29.4 Å². The minimum atomic E-state index is -0.194. The molecule has 1 aliphatic carbocycles. The van der Waals surface area contributed by atoms with Crippen molar-refractivity contribution >= 4 is 17.2 Å². The molecule has 0 aliphatic heterocycles. The lowest BCUT2D eigenvalue weighted by molar-refractivity contribution is 0.103. The van der Waals surface area contributed by atoms with Gasteiger partial charge in [0, 0.05) is 17.1 Å². The Bertz CT molecular complexity index is 1190. The van der Waals surface area contributed by atoms with Gasteiger partial charge in [-0.1, -0.05) is 125 Å². The van der Waals surface area contributed by atoms with Crippen molar-refractivity contribution in [3.05, 3.63) is 125 Å². The number of carbonyl (C=O) groups is 1. The smallest absolute Gasteiger partial charge is 0.190 e. The molecule has 1 aliphatic rings. The maximum atomic E-state index is 13.4. The van der Waals surface area contributed by atoms with Gasteiger partial charge in [0.2, 0.25) is 0 Å². The van der Waals surface area contributed by atoms with Gasteiger partial charge in [0.05, 0.1) is 11.4 Å². The van der Waals surface area contributed by atoms with E-state index >= 15 is 0 Å². The molecule has 0 bridgehead atoms. The lowest BCUT2D eigenvalue weighted by atomic mass is 9.87. The first-order valence-electron chi connectivity index (χ1n) is 11.7. The van der Waals surface area contributed by atoms with Crippen LogP contribution in [0.1, 0.15) is 66.6 Å². The molecule has 2 nitrogen and oxygen atoms in total. The largest absolute Gasteiger partial charge is 0.289 e. The number of Topliss-reactive ketones (excluding diaryl/α,β-unsaturated/α-hetero) is 1. The maximum absolute atomic E-state index is 13.4. The van der Waals surface area contributed by atoms with Crippen LogP contribution in [0, 0.1) is 5.92 Å². The van der Waals surface area contributed by atoms with Crippen molar-refractivity contribution in [2.24, 2.45) is 10.9 Å². The number of carbonyl (C=O) groups excluding carboxylic acids is 1. The highest BCUT2D eigenvalue weighted by Crippen LogP contribution is 2.37. The number of benzene rings is 3. The van der Waals surface area contributed by atoms with Gasteiger partial charge in [0.15, 0.2) is 5.78 Å². The monoisotopic (exact) mass is 433 g/mol. The van der Waals surface area contributed by atoms with Crippen molar-refractivity contribution in [1.82, 2.24) is 0 Å². The van der Waals surface area contributed by atoms with Gasteiger partial charge < -0.3 is 0 Å². The Morgan fingerprint density at radius 2 is 1.27 bits per heavy atom. The molecule has 0 spiro atoms. The van der Waals surface area contributed by atoms with Crippen LogP contribution >= 0.6 is 0 Å². The summed E-state index contributed by atoms with van der Waals surface area (Å²) in [5.74, 6) is 0.551. The molecule has 2 heteroatoms. The molecule has 0 saturated carbocycles. The third-order valence-electron chi connectivity index (χ3n) is 6.15. The van der Waals surface area contributed by atoms with Crippen LogP contribution in [0.4, 0.5) is 5.69 Å². The highest BCUT2D eigenvalue weighted by Gasteiger charge is 2.28. The van der Waals surface area contributed by atoms with Crippen molar-refractivity contribution in [2.75, 3.05) is 0 Å². The van der Waals surface area contributed by atoms with Gasteiger partial charge in [0.1, 0.15) is 0 Å². The molecule has 3 aromatic carbocycles. The zero-order valence-corrected chi connectivity index (χ0v) is 19.8. The zero-order chi connectivity index (χ0) is 23.4. The zero-order valence-electron chi connectivity index (χ0n) is 19.8. The second kappa shape index (κ2) is 9.95. The molecule has 4 rings (SSSR count). The first-order valence-corrected chi connectivity index (χ1v) is 11.7. The summed E-state index contributed by atoms with van der Waals surface area (Å²) < 4.78 is 0. The van der Waals surface area contributed by atoms with E-state index in [-0.39, 0.29) is 11.7 Å². The molecule has 0 N–H and O–H groups in total. The summed E-state index contributed by atoms with van der Waals surface area (Å²) in [6.07, 6.45) is 6.02. The van der Waals surface area contributed by atoms with E-state index < -0.39 is 0 Å². The quantitative estimate of drug-likeness (QED) is 0.274. The number of aliphatic imine (C=N–C) groups is 1. The minimum absolute atomic E-state index is 0.0514. The summed E-state index contributed by atoms with van der Waals surface area (Å²) in [5.41, 5.74) is 6.91. The Labute approximate surface area is 197 Å². The lowest BCUT2D eigenvalue weighted by Gasteiger charge is -2.21. The number of hydrogen-bond acceptors (Lipinski definition) is 2. The van der Waals surface area contributed by atoms with Gasteiger partial charge in [-0.05, 0) is 28.5 Å². The van der Waals surface area contributed by atoms with Gasteiger partial charge in [0.25, 0.3) is 0 Å². The molecule has 0 saturated heterocycles. The number of allylic oxidation sites excluding steroid dienone is 4. The molecule has 0 radical (unpaired) electrons. The first-order chi connectivity index (χ1) is 16.0. The Morgan fingerprint density at radius 3 is 1.82 bits per heavy atom. The van der Waals surface area contributed by atoms with Gasteiger partial charge in [-0.3, -0.25) is 9.79 Å². The van der Waals surface area contributed by atoms with E-state index in [1.807, 2.05) is 60.7 Å². The van der Waals surface area contributed by atoms with Crippen molar-refractivity contribution < 1.29 is 4.79 Å². The summed E-state index contributed by atoms with van der Waals surface area (Å²) in [6.45, 7) is 8.83. The summed E-state index contributed by atoms with van der Waals surface area (Å²) in [7, 11) is 0. The van der Waals surface area contributed by atoms with Crippen molar-refractivity contribution in [3.63, 3.8) is 0 Å². The normalized spacial score (nSPS) is 15.9. The first kappa shape index (κ1) is 22.7. The second-order valence-electron chi connectivity index (χ2n) is 9.14. The van der Waals surface area contributed by atoms with Crippen molar-refractivity contribution in [1.29, 1.82) is 0 Å². The Kier molecular flexibility index (Phi) is 6.84. The molecule has 3 aromatic rings. The Morgan fingerprint density at radius 1 is 0.727 bits per heavy atom. The molecule has 0 amide bonds. The summed E-state index contributed by atoms with van der Waals surface area (Å²) >= 11 is 0. The predicted molar refractivity (Wildman–Crippen MR) is 139 cm³/mol. The second-order valence-corrected chi connectivity index (χ2v) is 9.14. The third-order valence-corrected chi connectivity index (χ3v) is 6.15. The number of ketones is 1. The molecule has 0 heterocycles. The molecule has 1 unspecified atom stereocenters. The van der Waals surface area contributed by atoms with Crippen LogP contribution in [-0.4, -0.2) is 11.5 Å². The molecule has 0 aromatic heterocycles. The SMILES string of the molecule is CC(C)c1cccc(C(C)C)c1N=C(c1ccccc1)C1C=CC=C1C(=O)c1ccccc1. The fourth-order valence-electron chi connectivity index (χ4n) is 4.37. The van der Waals surface area contributed by atoms with Crippen molar-refractivity contribution in [2.45, 2.75) is 39.5 Å². The molecular formula is C31H31NO. The van der Waals surface area contributed by atoms with Crippen LogP contribution < -0.4 is 0 Å². The standard InChI is InChI=1S/C31H31NO/c1-21(2)25-17-11-18-26(22(3)4)30(25)32-29(23-13-7-5-8-14-23)27-19-12-20-28(27)31(33)24-15-9-6-10-16-24/h5-22,27H,1-4H3. The predicted octanol–water partition coefficient (Wildman–Crippen LogP) is 8.05. The number of nitrogens with zero attached hydrogens (tertiary/aromatic N) is 1. The van der Waals surface area contributed by atoms with Gasteiger partial charge >= 0.3 is 0 Å². The van der Waals surface area contributed by atoms with Crippen LogP contribution in [0.15, 0.2) is 108 Å². The summed E-state index contributed by atoms with van der Waals surface area (Å²) in [5, 5.41) is 0. The lowest BCUT2D eigenvalue weighted by Crippen LogP contribution is -2.20. The van der Waals surface area contributed by atoms with E-state index in [9.17, 15) is 4.79 Å². The van der Waals surface area contributed by atoms with Crippen LogP contribution in [0.5, 0.6) is 0 Å². The fourth-order valence-corrected chi connectivity index (χ4v) is 4.37. The average Bonchev–Trinajstić information content (AvgIpc) is 3.32. The van der Waals surface area contributed by atoms with Crippen molar-refractivity contribution in [3.8, 4) is 0 Å². The average molecular weight is 434 g/mol. The van der Waals surface area contributed by atoms with E-state index in [0.717, 1.165) is 22.5 Å². The van der Waals surface area contributed by atoms with E-state index in [2.05, 4.69) is 64.1 Å². The number of rotatable bonds is 7.